The number of rotatable bonds is 4. The highest BCUT2D eigenvalue weighted by molar-refractivity contribution is 4.71. The molecule has 1 atom stereocenters. The summed E-state index contributed by atoms with van der Waals surface area (Å²) in [5.74, 6) is 1.82. The van der Waals surface area contributed by atoms with Gasteiger partial charge in [-0.05, 0) is 24.8 Å². The smallest absolute Gasteiger partial charge is 0.00489 e. The van der Waals surface area contributed by atoms with E-state index in [0.29, 0.717) is 0 Å². The molecule has 1 unspecified atom stereocenters. The maximum Gasteiger partial charge on any atom is -0.00489 e. The molecule has 11 heavy (non-hydrogen) atoms. The highest BCUT2D eigenvalue weighted by Gasteiger charge is 2.17. The third-order valence-electron chi connectivity index (χ3n) is 3.05. The van der Waals surface area contributed by atoms with E-state index in [-0.39, 0.29) is 0 Å². The van der Waals surface area contributed by atoms with Crippen molar-refractivity contribution in [2.24, 2.45) is 17.6 Å². The lowest BCUT2D eigenvalue weighted by Crippen LogP contribution is -2.16. The van der Waals surface area contributed by atoms with E-state index in [1.165, 1.54) is 38.5 Å². The lowest BCUT2D eigenvalue weighted by Gasteiger charge is -2.16. The van der Waals surface area contributed by atoms with Crippen LogP contribution < -0.4 is 5.73 Å². The molecular weight excluding hydrogens is 134 g/mol. The van der Waals surface area contributed by atoms with Crippen molar-refractivity contribution in [3.05, 3.63) is 0 Å². The molecule has 1 nitrogen and oxygen atoms in total. The van der Waals surface area contributed by atoms with Crippen molar-refractivity contribution in [2.45, 2.75) is 45.4 Å². The molecule has 0 saturated heterocycles. The van der Waals surface area contributed by atoms with E-state index in [1.807, 2.05) is 0 Å². The zero-order chi connectivity index (χ0) is 8.10. The predicted molar refractivity (Wildman–Crippen MR) is 49.4 cm³/mol. The van der Waals surface area contributed by atoms with Crippen LogP contribution in [0, 0.1) is 11.8 Å². The summed E-state index contributed by atoms with van der Waals surface area (Å²) in [6.45, 7) is 3.15. The second-order valence-corrected chi connectivity index (χ2v) is 3.90. The molecule has 1 fully saturated rings. The number of nitrogens with two attached hydrogens (primary N) is 1. The van der Waals surface area contributed by atoms with Crippen LogP contribution in [0.3, 0.4) is 0 Å². The molecular formula is C10H21N. The molecule has 0 heterocycles. The predicted octanol–water partition coefficient (Wildman–Crippen LogP) is 2.55. The molecule has 1 rings (SSSR count). The average molecular weight is 155 g/mol. The van der Waals surface area contributed by atoms with E-state index < -0.39 is 0 Å². The van der Waals surface area contributed by atoms with Gasteiger partial charge in [0, 0.05) is 0 Å². The normalized spacial score (nSPS) is 22.4. The van der Waals surface area contributed by atoms with Crippen LogP contribution in [0.2, 0.25) is 0 Å². The van der Waals surface area contributed by atoms with Gasteiger partial charge in [0.1, 0.15) is 0 Å². The second-order valence-electron chi connectivity index (χ2n) is 3.90. The van der Waals surface area contributed by atoms with Crippen molar-refractivity contribution in [2.75, 3.05) is 6.54 Å². The van der Waals surface area contributed by atoms with Gasteiger partial charge in [-0.25, -0.2) is 0 Å². The van der Waals surface area contributed by atoms with Crippen molar-refractivity contribution < 1.29 is 0 Å². The van der Waals surface area contributed by atoms with Gasteiger partial charge >= 0.3 is 0 Å². The van der Waals surface area contributed by atoms with Crippen LogP contribution in [-0.4, -0.2) is 6.54 Å². The summed E-state index contributed by atoms with van der Waals surface area (Å²) in [5, 5.41) is 0. The standard InChI is InChI=1S/C10H21N/c1-2-9(8-11)7-10-5-3-4-6-10/h9-10H,2-8,11H2,1H3. The fourth-order valence-electron chi connectivity index (χ4n) is 2.15. The lowest BCUT2D eigenvalue weighted by molar-refractivity contribution is 0.373. The molecule has 66 valence electrons. The van der Waals surface area contributed by atoms with Gasteiger partial charge in [-0.2, -0.15) is 0 Å². The van der Waals surface area contributed by atoms with Gasteiger partial charge < -0.3 is 5.73 Å². The van der Waals surface area contributed by atoms with Crippen LogP contribution >= 0.6 is 0 Å². The largest absolute Gasteiger partial charge is 0.330 e. The molecule has 0 spiro atoms. The minimum absolute atomic E-state index is 0.804. The van der Waals surface area contributed by atoms with Crippen molar-refractivity contribution >= 4 is 0 Å². The van der Waals surface area contributed by atoms with Crippen molar-refractivity contribution in [3.63, 3.8) is 0 Å². The molecule has 1 saturated carbocycles. The Morgan fingerprint density at radius 3 is 2.45 bits per heavy atom. The van der Waals surface area contributed by atoms with Crippen molar-refractivity contribution in [1.82, 2.24) is 0 Å². The quantitative estimate of drug-likeness (QED) is 0.663. The van der Waals surface area contributed by atoms with Gasteiger partial charge in [0.05, 0.1) is 0 Å². The first kappa shape index (κ1) is 9.05. The highest BCUT2D eigenvalue weighted by Crippen LogP contribution is 2.30. The minimum atomic E-state index is 0.804. The van der Waals surface area contributed by atoms with E-state index in [0.717, 1.165) is 18.4 Å². The summed E-state index contributed by atoms with van der Waals surface area (Å²) >= 11 is 0. The maximum absolute atomic E-state index is 5.66. The third-order valence-corrected chi connectivity index (χ3v) is 3.05. The Morgan fingerprint density at radius 1 is 1.36 bits per heavy atom. The van der Waals surface area contributed by atoms with Gasteiger partial charge in [0.25, 0.3) is 0 Å². The number of hydrogen-bond acceptors (Lipinski definition) is 1. The molecule has 0 amide bonds. The van der Waals surface area contributed by atoms with Gasteiger partial charge in [-0.3, -0.25) is 0 Å². The van der Waals surface area contributed by atoms with E-state index in [2.05, 4.69) is 6.92 Å². The Bertz CT molecular complexity index is 91.0. The SMILES string of the molecule is CCC(CN)CC1CCCC1. The van der Waals surface area contributed by atoms with Gasteiger partial charge in [-0.1, -0.05) is 39.0 Å². The number of hydrogen-bond donors (Lipinski definition) is 1. The van der Waals surface area contributed by atoms with Gasteiger partial charge in [-0.15, -0.1) is 0 Å². The summed E-state index contributed by atoms with van der Waals surface area (Å²) in [5.41, 5.74) is 5.66. The van der Waals surface area contributed by atoms with E-state index in [9.17, 15) is 0 Å². The molecule has 2 N–H and O–H groups in total. The highest BCUT2D eigenvalue weighted by atomic mass is 14.5. The summed E-state index contributed by atoms with van der Waals surface area (Å²) in [6.07, 6.45) is 8.53. The first-order chi connectivity index (χ1) is 5.36. The van der Waals surface area contributed by atoms with Crippen LogP contribution in [0.4, 0.5) is 0 Å². The maximum atomic E-state index is 5.66. The first-order valence-corrected chi connectivity index (χ1v) is 5.06. The van der Waals surface area contributed by atoms with E-state index >= 15 is 0 Å². The molecule has 0 aromatic carbocycles. The topological polar surface area (TPSA) is 26.0 Å². The van der Waals surface area contributed by atoms with Crippen LogP contribution in [0.1, 0.15) is 45.4 Å². The Labute approximate surface area is 70.4 Å². The Morgan fingerprint density at radius 2 is 2.00 bits per heavy atom. The molecule has 1 heteroatoms. The zero-order valence-electron chi connectivity index (χ0n) is 7.68. The average Bonchev–Trinajstić information content (AvgIpc) is 2.52. The Balaban J connectivity index is 2.16. The molecule has 0 radical (unpaired) electrons. The second kappa shape index (κ2) is 4.76. The van der Waals surface area contributed by atoms with Crippen LogP contribution in [0.5, 0.6) is 0 Å². The van der Waals surface area contributed by atoms with Crippen molar-refractivity contribution in [1.29, 1.82) is 0 Å². The summed E-state index contributed by atoms with van der Waals surface area (Å²) in [4.78, 5) is 0. The molecule has 1 aliphatic rings. The summed E-state index contributed by atoms with van der Waals surface area (Å²) in [6, 6.07) is 0. The zero-order valence-corrected chi connectivity index (χ0v) is 7.68. The summed E-state index contributed by atoms with van der Waals surface area (Å²) in [7, 11) is 0. The fourth-order valence-corrected chi connectivity index (χ4v) is 2.15. The minimum Gasteiger partial charge on any atom is -0.330 e. The third kappa shape index (κ3) is 2.82. The van der Waals surface area contributed by atoms with Gasteiger partial charge in [0.15, 0.2) is 0 Å². The lowest BCUT2D eigenvalue weighted by atomic mass is 9.92. The van der Waals surface area contributed by atoms with E-state index in [4.69, 9.17) is 5.73 Å². The first-order valence-electron chi connectivity index (χ1n) is 5.06. The molecule has 1 aliphatic carbocycles. The molecule has 0 aromatic rings. The molecule has 0 bridgehead atoms. The van der Waals surface area contributed by atoms with Crippen LogP contribution in [0.15, 0.2) is 0 Å². The van der Waals surface area contributed by atoms with Crippen LogP contribution in [-0.2, 0) is 0 Å². The fraction of sp³-hybridized carbons (Fsp3) is 1.00. The molecule has 0 aliphatic heterocycles. The van der Waals surface area contributed by atoms with Crippen molar-refractivity contribution in [3.8, 4) is 0 Å². The Kier molecular flexibility index (Phi) is 3.92. The Hall–Kier alpha value is -0.0400. The van der Waals surface area contributed by atoms with E-state index in [1.54, 1.807) is 0 Å². The molecule has 0 aromatic heterocycles. The van der Waals surface area contributed by atoms with Gasteiger partial charge in [0.2, 0.25) is 0 Å². The summed E-state index contributed by atoms with van der Waals surface area (Å²) < 4.78 is 0. The van der Waals surface area contributed by atoms with Crippen LogP contribution in [0.25, 0.3) is 0 Å². The monoisotopic (exact) mass is 155 g/mol.